The van der Waals surface area contributed by atoms with Crippen LogP contribution < -0.4 is 10.5 Å². The fraction of sp³-hybridized carbons (Fsp3) is 0.231. The zero-order valence-electron chi connectivity index (χ0n) is 11.5. The first-order valence-electron chi connectivity index (χ1n) is 6.05. The summed E-state index contributed by atoms with van der Waals surface area (Å²) in [5, 5.41) is 3.63. The van der Waals surface area contributed by atoms with Gasteiger partial charge in [-0.05, 0) is 31.9 Å². The molecule has 0 aliphatic rings. The molecule has 0 saturated carbocycles. The lowest BCUT2D eigenvalue weighted by Gasteiger charge is -2.06. The van der Waals surface area contributed by atoms with Crippen molar-refractivity contribution in [3.63, 3.8) is 0 Å². The minimum absolute atomic E-state index is 0.0164. The Morgan fingerprint density at radius 1 is 1.38 bits per heavy atom. The van der Waals surface area contributed by atoms with Crippen LogP contribution in [0.3, 0.4) is 0 Å². The third-order valence-corrected chi connectivity index (χ3v) is 4.14. The van der Waals surface area contributed by atoms with Gasteiger partial charge in [-0.15, -0.1) is 0 Å². The van der Waals surface area contributed by atoms with Gasteiger partial charge in [-0.25, -0.2) is 13.4 Å². The number of aromatic nitrogens is 2. The normalized spacial score (nSPS) is 10.8. The molecule has 0 spiro atoms. The van der Waals surface area contributed by atoms with E-state index in [1.807, 2.05) is 0 Å². The van der Waals surface area contributed by atoms with Crippen molar-refractivity contribution in [2.75, 3.05) is 11.3 Å². The van der Waals surface area contributed by atoms with Crippen molar-refractivity contribution < 1.29 is 12.9 Å². The molecule has 0 bridgehead atoms. The van der Waals surface area contributed by atoms with E-state index in [-0.39, 0.29) is 23.0 Å². The van der Waals surface area contributed by atoms with Gasteiger partial charge in [0.15, 0.2) is 10.7 Å². The highest BCUT2D eigenvalue weighted by Crippen LogP contribution is 2.21. The Labute approximate surface area is 122 Å². The van der Waals surface area contributed by atoms with Crippen LogP contribution in [0.15, 0.2) is 27.6 Å². The summed E-state index contributed by atoms with van der Waals surface area (Å²) < 4.78 is 31.9. The van der Waals surface area contributed by atoms with Crippen LogP contribution in [-0.2, 0) is 10.0 Å². The molecule has 3 N–H and O–H groups in total. The highest BCUT2D eigenvalue weighted by molar-refractivity contribution is 7.92. The number of nitrogens with two attached hydrogens (primary N) is 1. The molecule has 0 unspecified atom stereocenters. The Kier molecular flexibility index (Phi) is 4.26. The fourth-order valence-corrected chi connectivity index (χ4v) is 3.08. The van der Waals surface area contributed by atoms with Gasteiger partial charge in [0.25, 0.3) is 10.0 Å². The Hall–Kier alpha value is -2.37. The lowest BCUT2D eigenvalue weighted by atomic mass is 10.3. The predicted molar refractivity (Wildman–Crippen MR) is 77.0 cm³/mol. The molecule has 0 aliphatic heterocycles. The van der Waals surface area contributed by atoms with Crippen LogP contribution in [-0.4, -0.2) is 25.1 Å². The molecule has 2 rings (SSSR count). The molecule has 2 heterocycles. The van der Waals surface area contributed by atoms with E-state index in [1.54, 1.807) is 19.1 Å². The Balaban J connectivity index is 2.33. The van der Waals surface area contributed by atoms with Crippen LogP contribution in [0.4, 0.5) is 5.82 Å². The van der Waals surface area contributed by atoms with Gasteiger partial charge < -0.3 is 10.3 Å². The molecule has 0 aliphatic carbocycles. The summed E-state index contributed by atoms with van der Waals surface area (Å²) in [7, 11) is -3.81. The first kappa shape index (κ1) is 15.0. The fourth-order valence-electron chi connectivity index (χ4n) is 1.75. The number of sulfonamides is 1. The number of rotatable bonds is 3. The summed E-state index contributed by atoms with van der Waals surface area (Å²) in [6, 6.07) is 4.85. The maximum absolute atomic E-state index is 12.3. The van der Waals surface area contributed by atoms with Crippen molar-refractivity contribution in [1.29, 1.82) is 0 Å². The zero-order chi connectivity index (χ0) is 15.5. The molecule has 2 aromatic heterocycles. The third kappa shape index (κ3) is 3.39. The molecule has 0 saturated heterocycles. The van der Waals surface area contributed by atoms with Crippen molar-refractivity contribution in [1.82, 2.24) is 10.1 Å². The molecule has 0 aromatic carbocycles. The van der Waals surface area contributed by atoms with Crippen LogP contribution in [0, 0.1) is 25.7 Å². The number of nitrogens with one attached hydrogen (secondary N) is 1. The molecular weight excluding hydrogens is 292 g/mol. The van der Waals surface area contributed by atoms with Gasteiger partial charge in [0.05, 0.1) is 6.54 Å². The molecule has 0 atom stereocenters. The zero-order valence-corrected chi connectivity index (χ0v) is 12.4. The SMILES string of the molecule is Cc1noc(C)c1S(=O)(=O)Nc1cccc(C#CCN)n1. The second kappa shape index (κ2) is 5.95. The Morgan fingerprint density at radius 2 is 2.14 bits per heavy atom. The van der Waals surface area contributed by atoms with Crippen LogP contribution in [0.5, 0.6) is 0 Å². The molecular formula is C13H14N4O3S. The van der Waals surface area contributed by atoms with E-state index in [9.17, 15) is 8.42 Å². The second-order valence-electron chi connectivity index (χ2n) is 4.17. The molecule has 8 heteroatoms. The van der Waals surface area contributed by atoms with Gasteiger partial charge in [0, 0.05) is 0 Å². The minimum atomic E-state index is -3.81. The summed E-state index contributed by atoms with van der Waals surface area (Å²) in [4.78, 5) is 4.11. The van der Waals surface area contributed by atoms with E-state index >= 15 is 0 Å². The lowest BCUT2D eigenvalue weighted by molar-refractivity contribution is 0.390. The smallest absolute Gasteiger partial charge is 0.268 e. The third-order valence-electron chi connectivity index (χ3n) is 2.54. The molecule has 0 radical (unpaired) electrons. The molecule has 2 aromatic rings. The van der Waals surface area contributed by atoms with E-state index in [1.165, 1.54) is 13.0 Å². The first-order chi connectivity index (χ1) is 9.94. The number of hydrogen-bond donors (Lipinski definition) is 2. The minimum Gasteiger partial charge on any atom is -0.360 e. The summed E-state index contributed by atoms with van der Waals surface area (Å²) in [6.07, 6.45) is 0. The summed E-state index contributed by atoms with van der Waals surface area (Å²) in [5.41, 5.74) is 6.00. The maximum atomic E-state index is 12.3. The van der Waals surface area contributed by atoms with Gasteiger partial charge in [0.1, 0.15) is 17.2 Å². The standard InChI is InChI=1S/C13H14N4O3S/c1-9-13(10(2)20-16-9)21(18,19)17-12-7-3-5-11(15-12)6-4-8-14/h3,5,7H,8,14H2,1-2H3,(H,15,17). The Bertz CT molecular complexity index is 796. The van der Waals surface area contributed by atoms with E-state index in [2.05, 4.69) is 26.7 Å². The van der Waals surface area contributed by atoms with E-state index in [0.29, 0.717) is 11.4 Å². The quantitative estimate of drug-likeness (QED) is 0.811. The average Bonchev–Trinajstić information content (AvgIpc) is 2.76. The monoisotopic (exact) mass is 306 g/mol. The largest absolute Gasteiger partial charge is 0.360 e. The summed E-state index contributed by atoms with van der Waals surface area (Å²) >= 11 is 0. The average molecular weight is 306 g/mol. The van der Waals surface area contributed by atoms with Crippen LogP contribution in [0.2, 0.25) is 0 Å². The molecule has 0 fully saturated rings. The Morgan fingerprint density at radius 3 is 2.76 bits per heavy atom. The molecule has 0 amide bonds. The van der Waals surface area contributed by atoms with Crippen molar-refractivity contribution in [3.8, 4) is 11.8 Å². The van der Waals surface area contributed by atoms with Gasteiger partial charge in [0.2, 0.25) is 0 Å². The topological polar surface area (TPSA) is 111 Å². The van der Waals surface area contributed by atoms with Crippen LogP contribution in [0.1, 0.15) is 17.1 Å². The van der Waals surface area contributed by atoms with Crippen molar-refractivity contribution in [3.05, 3.63) is 35.3 Å². The van der Waals surface area contributed by atoms with E-state index in [4.69, 9.17) is 10.3 Å². The predicted octanol–water partition coefficient (Wildman–Crippen LogP) is 0.797. The van der Waals surface area contributed by atoms with Gasteiger partial charge >= 0.3 is 0 Å². The summed E-state index contributed by atoms with van der Waals surface area (Å²) in [6.45, 7) is 3.30. The highest BCUT2D eigenvalue weighted by atomic mass is 32.2. The second-order valence-corrected chi connectivity index (χ2v) is 5.79. The summed E-state index contributed by atoms with van der Waals surface area (Å²) in [5.74, 6) is 5.78. The van der Waals surface area contributed by atoms with Gasteiger partial charge in [-0.3, -0.25) is 4.72 Å². The molecule has 21 heavy (non-hydrogen) atoms. The van der Waals surface area contributed by atoms with E-state index < -0.39 is 10.0 Å². The number of anilines is 1. The number of nitrogens with zero attached hydrogens (tertiary/aromatic N) is 2. The number of hydrogen-bond acceptors (Lipinski definition) is 6. The number of aryl methyl sites for hydroxylation is 2. The van der Waals surface area contributed by atoms with Gasteiger partial charge in [-0.1, -0.05) is 17.1 Å². The molecule has 7 nitrogen and oxygen atoms in total. The van der Waals surface area contributed by atoms with E-state index in [0.717, 1.165) is 0 Å². The maximum Gasteiger partial charge on any atom is 0.268 e. The van der Waals surface area contributed by atoms with Crippen molar-refractivity contribution in [2.24, 2.45) is 5.73 Å². The first-order valence-corrected chi connectivity index (χ1v) is 7.54. The van der Waals surface area contributed by atoms with Crippen LogP contribution in [0.25, 0.3) is 0 Å². The number of pyridine rings is 1. The van der Waals surface area contributed by atoms with Crippen LogP contribution >= 0.6 is 0 Å². The lowest BCUT2D eigenvalue weighted by Crippen LogP contribution is -2.15. The van der Waals surface area contributed by atoms with Crippen molar-refractivity contribution in [2.45, 2.75) is 18.7 Å². The van der Waals surface area contributed by atoms with Gasteiger partial charge in [-0.2, -0.15) is 0 Å². The molecule has 110 valence electrons. The highest BCUT2D eigenvalue weighted by Gasteiger charge is 2.24. The van der Waals surface area contributed by atoms with Crippen molar-refractivity contribution >= 4 is 15.8 Å².